The van der Waals surface area contributed by atoms with Crippen LogP contribution in [0.2, 0.25) is 0 Å². The van der Waals surface area contributed by atoms with Crippen molar-refractivity contribution in [2.24, 2.45) is 0 Å². The summed E-state index contributed by atoms with van der Waals surface area (Å²) in [5.74, 6) is -0.195. The number of ketones is 1. The Morgan fingerprint density at radius 1 is 1.16 bits per heavy atom. The topological polar surface area (TPSA) is 26.3 Å². The SMILES string of the molecule is CCCCCCC/C=C\C(=O)/C(Cl)=C/OC(C)(C)C. The highest BCUT2D eigenvalue weighted by Gasteiger charge is 2.10. The molecule has 0 aliphatic heterocycles. The summed E-state index contributed by atoms with van der Waals surface area (Å²) in [6, 6.07) is 0. The number of halogens is 1. The summed E-state index contributed by atoms with van der Waals surface area (Å²) >= 11 is 5.85. The van der Waals surface area contributed by atoms with E-state index in [0.717, 1.165) is 12.8 Å². The Morgan fingerprint density at radius 2 is 1.79 bits per heavy atom. The van der Waals surface area contributed by atoms with E-state index in [9.17, 15) is 4.79 Å². The van der Waals surface area contributed by atoms with Crippen LogP contribution in [0.25, 0.3) is 0 Å². The van der Waals surface area contributed by atoms with Gasteiger partial charge in [0, 0.05) is 0 Å². The molecule has 0 radical (unpaired) electrons. The van der Waals surface area contributed by atoms with Crippen molar-refractivity contribution >= 4 is 17.4 Å². The molecule has 0 bridgehead atoms. The standard InChI is InChI=1S/C16H27ClO2/c1-5-6-7-8-9-10-11-12-15(18)14(17)13-19-16(2,3)4/h11-13H,5-10H2,1-4H3/b12-11-,14-13-. The van der Waals surface area contributed by atoms with Gasteiger partial charge in [0.1, 0.15) is 11.3 Å². The molecule has 0 aromatic carbocycles. The molecule has 0 unspecified atom stereocenters. The van der Waals surface area contributed by atoms with Gasteiger partial charge in [0.2, 0.25) is 0 Å². The lowest BCUT2D eigenvalue weighted by Gasteiger charge is -2.17. The number of carbonyl (C=O) groups excluding carboxylic acids is 1. The first kappa shape index (κ1) is 18.2. The zero-order valence-corrected chi connectivity index (χ0v) is 13.4. The highest BCUT2D eigenvalue weighted by Crippen LogP contribution is 2.12. The van der Waals surface area contributed by atoms with Crippen molar-refractivity contribution in [2.75, 3.05) is 0 Å². The molecule has 19 heavy (non-hydrogen) atoms. The number of carbonyl (C=O) groups is 1. The third kappa shape index (κ3) is 12.0. The molecule has 0 rings (SSSR count). The summed E-state index contributed by atoms with van der Waals surface area (Å²) in [5, 5.41) is 0.122. The summed E-state index contributed by atoms with van der Waals surface area (Å²) in [6.07, 6.45) is 11.9. The Labute approximate surface area is 122 Å². The normalized spacial score (nSPS) is 13.0. The van der Waals surface area contributed by atoms with Crippen LogP contribution in [0.4, 0.5) is 0 Å². The van der Waals surface area contributed by atoms with Gasteiger partial charge in [-0.25, -0.2) is 0 Å². The molecule has 0 heterocycles. The Balaban J connectivity index is 3.89. The van der Waals surface area contributed by atoms with Gasteiger partial charge in [-0.3, -0.25) is 4.79 Å². The van der Waals surface area contributed by atoms with Crippen molar-refractivity contribution in [2.45, 2.75) is 71.8 Å². The predicted octanol–water partition coefficient (Wildman–Crippen LogP) is 5.37. The summed E-state index contributed by atoms with van der Waals surface area (Å²) in [6.45, 7) is 7.92. The van der Waals surface area contributed by atoms with Gasteiger partial charge in [-0.2, -0.15) is 0 Å². The van der Waals surface area contributed by atoms with Gasteiger partial charge < -0.3 is 4.74 Å². The molecule has 0 aliphatic rings. The monoisotopic (exact) mass is 286 g/mol. The maximum atomic E-state index is 11.6. The number of hydrogen-bond acceptors (Lipinski definition) is 2. The molecule has 3 heteroatoms. The summed E-state index contributed by atoms with van der Waals surface area (Å²) < 4.78 is 5.34. The largest absolute Gasteiger partial charge is 0.494 e. The van der Waals surface area contributed by atoms with Gasteiger partial charge in [-0.15, -0.1) is 0 Å². The van der Waals surface area contributed by atoms with Crippen LogP contribution in [0.1, 0.15) is 66.2 Å². The second-order valence-electron chi connectivity index (χ2n) is 5.67. The minimum atomic E-state index is -0.330. The first-order chi connectivity index (χ1) is 8.87. The molecule has 0 aromatic rings. The molecule has 0 N–H and O–H groups in total. The lowest BCUT2D eigenvalue weighted by Crippen LogP contribution is -2.15. The fourth-order valence-electron chi connectivity index (χ4n) is 1.42. The van der Waals surface area contributed by atoms with Crippen LogP contribution < -0.4 is 0 Å². The quantitative estimate of drug-likeness (QED) is 0.324. The maximum Gasteiger partial charge on any atom is 0.199 e. The molecular weight excluding hydrogens is 260 g/mol. The van der Waals surface area contributed by atoms with Crippen molar-refractivity contribution in [3.05, 3.63) is 23.4 Å². The molecule has 0 atom stereocenters. The minimum absolute atomic E-state index is 0.122. The van der Waals surface area contributed by atoms with E-state index in [-0.39, 0.29) is 16.4 Å². The van der Waals surface area contributed by atoms with Crippen LogP contribution in [0, 0.1) is 0 Å². The number of ether oxygens (including phenoxy) is 1. The van der Waals surface area contributed by atoms with Crippen molar-refractivity contribution in [1.29, 1.82) is 0 Å². The van der Waals surface area contributed by atoms with Crippen LogP contribution >= 0.6 is 11.6 Å². The van der Waals surface area contributed by atoms with E-state index >= 15 is 0 Å². The second-order valence-corrected chi connectivity index (χ2v) is 6.07. The molecule has 0 amide bonds. The number of rotatable bonds is 9. The molecule has 0 aromatic heterocycles. The molecule has 0 saturated heterocycles. The van der Waals surface area contributed by atoms with E-state index < -0.39 is 0 Å². The van der Waals surface area contributed by atoms with E-state index in [0.29, 0.717) is 0 Å². The first-order valence-corrected chi connectivity index (χ1v) is 7.49. The third-order valence-electron chi connectivity index (χ3n) is 2.49. The Bertz CT molecular complexity index is 311. The predicted molar refractivity (Wildman–Crippen MR) is 82.3 cm³/mol. The fourth-order valence-corrected chi connectivity index (χ4v) is 1.53. The highest BCUT2D eigenvalue weighted by atomic mass is 35.5. The van der Waals surface area contributed by atoms with Crippen molar-refractivity contribution < 1.29 is 9.53 Å². The molecule has 0 fully saturated rings. The molecule has 2 nitrogen and oxygen atoms in total. The Kier molecular flexibility index (Phi) is 9.68. The average Bonchev–Trinajstić information content (AvgIpc) is 2.33. The van der Waals surface area contributed by atoms with E-state index in [2.05, 4.69) is 6.92 Å². The second kappa shape index (κ2) is 10.1. The van der Waals surface area contributed by atoms with Crippen molar-refractivity contribution in [3.63, 3.8) is 0 Å². The average molecular weight is 287 g/mol. The van der Waals surface area contributed by atoms with Crippen LogP contribution in [-0.4, -0.2) is 11.4 Å². The number of allylic oxidation sites excluding steroid dienone is 3. The molecule has 110 valence electrons. The maximum absolute atomic E-state index is 11.6. The molecular formula is C16H27ClO2. The number of hydrogen-bond donors (Lipinski definition) is 0. The lowest BCUT2D eigenvalue weighted by atomic mass is 10.1. The zero-order valence-electron chi connectivity index (χ0n) is 12.7. The van der Waals surface area contributed by atoms with E-state index in [4.69, 9.17) is 16.3 Å². The van der Waals surface area contributed by atoms with Crippen LogP contribution in [0.3, 0.4) is 0 Å². The van der Waals surface area contributed by atoms with E-state index in [1.165, 1.54) is 38.0 Å². The van der Waals surface area contributed by atoms with Crippen molar-refractivity contribution in [1.82, 2.24) is 0 Å². The first-order valence-electron chi connectivity index (χ1n) is 7.11. The van der Waals surface area contributed by atoms with Crippen LogP contribution in [0.5, 0.6) is 0 Å². The van der Waals surface area contributed by atoms with E-state index in [1.807, 2.05) is 26.8 Å². The van der Waals surface area contributed by atoms with Gasteiger partial charge in [0.15, 0.2) is 5.78 Å². The zero-order chi connectivity index (χ0) is 14.7. The lowest BCUT2D eigenvalue weighted by molar-refractivity contribution is -0.111. The summed E-state index contributed by atoms with van der Waals surface area (Å²) in [7, 11) is 0. The van der Waals surface area contributed by atoms with Gasteiger partial charge in [0.25, 0.3) is 0 Å². The summed E-state index contributed by atoms with van der Waals surface area (Å²) in [4.78, 5) is 11.6. The molecule has 0 saturated carbocycles. The molecule has 0 aliphatic carbocycles. The van der Waals surface area contributed by atoms with Gasteiger partial charge in [-0.1, -0.05) is 50.3 Å². The minimum Gasteiger partial charge on any atom is -0.494 e. The Hall–Kier alpha value is -0.760. The third-order valence-corrected chi connectivity index (χ3v) is 2.77. The van der Waals surface area contributed by atoms with Gasteiger partial charge in [-0.05, 0) is 39.7 Å². The highest BCUT2D eigenvalue weighted by molar-refractivity contribution is 6.44. The van der Waals surface area contributed by atoms with Crippen molar-refractivity contribution in [3.8, 4) is 0 Å². The Morgan fingerprint density at radius 3 is 2.37 bits per heavy atom. The van der Waals surface area contributed by atoms with Crippen LogP contribution in [0.15, 0.2) is 23.4 Å². The van der Waals surface area contributed by atoms with Crippen LogP contribution in [-0.2, 0) is 9.53 Å². The van der Waals surface area contributed by atoms with Gasteiger partial charge >= 0.3 is 0 Å². The van der Waals surface area contributed by atoms with Gasteiger partial charge in [0.05, 0.1) is 5.60 Å². The summed E-state index contributed by atoms with van der Waals surface area (Å²) in [5.41, 5.74) is -0.330. The van der Waals surface area contributed by atoms with E-state index in [1.54, 1.807) is 0 Å². The smallest absolute Gasteiger partial charge is 0.199 e. The fraction of sp³-hybridized carbons (Fsp3) is 0.688. The molecule has 0 spiro atoms. The number of unbranched alkanes of at least 4 members (excludes halogenated alkanes) is 5.